The zero-order valence-corrected chi connectivity index (χ0v) is 15.5. The number of aryl methyl sites for hydroxylation is 3. The second kappa shape index (κ2) is 7.79. The van der Waals surface area contributed by atoms with Crippen molar-refractivity contribution in [1.29, 1.82) is 0 Å². The van der Waals surface area contributed by atoms with Crippen molar-refractivity contribution in [2.45, 2.75) is 33.2 Å². The lowest BCUT2D eigenvalue weighted by atomic mass is 10.1. The molecular formula is C20H20ClNO4. The van der Waals surface area contributed by atoms with Gasteiger partial charge in [-0.25, -0.2) is 9.59 Å². The smallest absolute Gasteiger partial charge is 0.422 e. The van der Waals surface area contributed by atoms with Gasteiger partial charge in [-0.3, -0.25) is 4.57 Å². The van der Waals surface area contributed by atoms with Crippen LogP contribution >= 0.6 is 11.6 Å². The normalized spacial score (nSPS) is 11.0. The highest BCUT2D eigenvalue weighted by molar-refractivity contribution is 6.32. The van der Waals surface area contributed by atoms with Crippen molar-refractivity contribution < 1.29 is 9.15 Å². The third-order valence-electron chi connectivity index (χ3n) is 4.27. The second-order valence-electron chi connectivity index (χ2n) is 6.25. The van der Waals surface area contributed by atoms with Crippen LogP contribution in [0.1, 0.15) is 24.0 Å². The van der Waals surface area contributed by atoms with Gasteiger partial charge < -0.3 is 9.15 Å². The van der Waals surface area contributed by atoms with Gasteiger partial charge in [0.25, 0.3) is 0 Å². The van der Waals surface area contributed by atoms with Crippen LogP contribution in [0.2, 0.25) is 5.02 Å². The molecule has 0 aliphatic rings. The standard InChI is InChI=1S/C20H20ClNO4/c1-13-11-15(12-14(2)18(13)21)25-10-6-5-9-22-17-8-4-3-7-16(17)19(23)26-20(22)24/h3-4,7-8,11-12H,5-6,9-10H2,1-2H3. The van der Waals surface area contributed by atoms with Crippen molar-refractivity contribution in [2.24, 2.45) is 0 Å². The van der Waals surface area contributed by atoms with E-state index < -0.39 is 11.4 Å². The number of halogens is 1. The van der Waals surface area contributed by atoms with Gasteiger partial charge >= 0.3 is 11.4 Å². The molecule has 0 aliphatic heterocycles. The van der Waals surface area contributed by atoms with Gasteiger partial charge in [-0.2, -0.15) is 0 Å². The summed E-state index contributed by atoms with van der Waals surface area (Å²) in [4.78, 5) is 23.8. The van der Waals surface area contributed by atoms with E-state index in [1.807, 2.05) is 26.0 Å². The van der Waals surface area contributed by atoms with E-state index in [1.54, 1.807) is 24.3 Å². The molecule has 0 radical (unpaired) electrons. The molecule has 3 rings (SSSR count). The molecule has 1 aromatic heterocycles. The lowest BCUT2D eigenvalue weighted by Gasteiger charge is -2.11. The third-order valence-corrected chi connectivity index (χ3v) is 4.87. The van der Waals surface area contributed by atoms with Gasteiger partial charge in [0, 0.05) is 11.6 Å². The van der Waals surface area contributed by atoms with E-state index >= 15 is 0 Å². The largest absolute Gasteiger partial charge is 0.494 e. The number of unbranched alkanes of at least 4 members (excludes halogenated alkanes) is 1. The first-order valence-corrected chi connectivity index (χ1v) is 8.87. The van der Waals surface area contributed by atoms with Crippen LogP contribution in [0.3, 0.4) is 0 Å². The molecule has 136 valence electrons. The molecule has 2 aromatic carbocycles. The zero-order valence-electron chi connectivity index (χ0n) is 14.8. The Balaban J connectivity index is 1.62. The highest BCUT2D eigenvalue weighted by atomic mass is 35.5. The summed E-state index contributed by atoms with van der Waals surface area (Å²) in [5.74, 6) is 0.163. The van der Waals surface area contributed by atoms with Crippen LogP contribution in [0.15, 0.2) is 50.4 Å². The van der Waals surface area contributed by atoms with Gasteiger partial charge in [0.15, 0.2) is 0 Å². The Labute approximate surface area is 155 Å². The highest BCUT2D eigenvalue weighted by Gasteiger charge is 2.08. The Kier molecular flexibility index (Phi) is 5.47. The van der Waals surface area contributed by atoms with Crippen LogP contribution in [-0.4, -0.2) is 11.2 Å². The van der Waals surface area contributed by atoms with Gasteiger partial charge in [0.05, 0.1) is 17.5 Å². The fraction of sp³-hybridized carbons (Fsp3) is 0.300. The maximum absolute atomic E-state index is 12.0. The summed E-state index contributed by atoms with van der Waals surface area (Å²) in [6.07, 6.45) is 1.49. The van der Waals surface area contributed by atoms with Crippen LogP contribution < -0.4 is 16.1 Å². The molecule has 0 saturated heterocycles. The molecule has 0 amide bonds. The number of rotatable bonds is 6. The van der Waals surface area contributed by atoms with E-state index in [9.17, 15) is 9.59 Å². The highest BCUT2D eigenvalue weighted by Crippen LogP contribution is 2.25. The quantitative estimate of drug-likeness (QED) is 0.611. The average molecular weight is 374 g/mol. The molecule has 26 heavy (non-hydrogen) atoms. The molecule has 0 saturated carbocycles. The van der Waals surface area contributed by atoms with Crippen molar-refractivity contribution in [3.8, 4) is 5.75 Å². The van der Waals surface area contributed by atoms with Crippen molar-refractivity contribution in [3.05, 3.63) is 73.5 Å². The summed E-state index contributed by atoms with van der Waals surface area (Å²) in [5, 5.41) is 1.17. The number of fused-ring (bicyclic) bond motifs is 1. The minimum Gasteiger partial charge on any atom is -0.494 e. The van der Waals surface area contributed by atoms with Gasteiger partial charge in [0.1, 0.15) is 5.75 Å². The Morgan fingerprint density at radius 1 is 1.08 bits per heavy atom. The molecule has 6 heteroatoms. The van der Waals surface area contributed by atoms with Gasteiger partial charge in [-0.15, -0.1) is 0 Å². The molecule has 0 bridgehead atoms. The lowest BCUT2D eigenvalue weighted by Crippen LogP contribution is -2.25. The van der Waals surface area contributed by atoms with Crippen LogP contribution in [0.25, 0.3) is 10.9 Å². The predicted octanol–water partition coefficient (Wildman–Crippen LogP) is 4.08. The number of hydrogen-bond acceptors (Lipinski definition) is 4. The fourth-order valence-electron chi connectivity index (χ4n) is 2.93. The summed E-state index contributed by atoms with van der Waals surface area (Å²) >= 11 is 6.16. The molecule has 0 aliphatic carbocycles. The van der Waals surface area contributed by atoms with E-state index in [4.69, 9.17) is 20.8 Å². The molecule has 0 atom stereocenters. The van der Waals surface area contributed by atoms with Gasteiger partial charge in [0.2, 0.25) is 0 Å². The lowest BCUT2D eigenvalue weighted by molar-refractivity contribution is 0.300. The SMILES string of the molecule is Cc1cc(OCCCCn2c(=O)oc(=O)c3ccccc32)cc(C)c1Cl. The fourth-order valence-corrected chi connectivity index (χ4v) is 3.04. The zero-order chi connectivity index (χ0) is 18.7. The van der Waals surface area contributed by atoms with Crippen LogP contribution in [0.5, 0.6) is 5.75 Å². The van der Waals surface area contributed by atoms with Gasteiger partial charge in [-0.1, -0.05) is 23.7 Å². The van der Waals surface area contributed by atoms with E-state index in [2.05, 4.69) is 0 Å². The van der Waals surface area contributed by atoms with Crippen molar-refractivity contribution in [1.82, 2.24) is 4.57 Å². The summed E-state index contributed by atoms with van der Waals surface area (Å²) < 4.78 is 12.1. The molecule has 0 unspecified atom stereocenters. The second-order valence-corrected chi connectivity index (χ2v) is 6.63. The number of para-hydroxylation sites is 1. The Bertz CT molecular complexity index is 1030. The van der Waals surface area contributed by atoms with E-state index in [1.165, 1.54) is 4.57 Å². The molecule has 0 spiro atoms. The van der Waals surface area contributed by atoms with Crippen molar-refractivity contribution in [2.75, 3.05) is 6.61 Å². The molecule has 3 aromatic rings. The molecule has 0 fully saturated rings. The van der Waals surface area contributed by atoms with E-state index in [0.29, 0.717) is 24.1 Å². The number of hydrogen-bond donors (Lipinski definition) is 0. The minimum atomic E-state index is -0.626. The number of aromatic nitrogens is 1. The number of benzene rings is 2. The monoisotopic (exact) mass is 373 g/mol. The Morgan fingerprint density at radius 2 is 1.77 bits per heavy atom. The summed E-state index contributed by atoms with van der Waals surface area (Å²) in [6, 6.07) is 10.8. The summed E-state index contributed by atoms with van der Waals surface area (Å²) in [5.41, 5.74) is 1.97. The molecule has 5 nitrogen and oxygen atoms in total. The van der Waals surface area contributed by atoms with Crippen molar-refractivity contribution in [3.63, 3.8) is 0 Å². The summed E-state index contributed by atoms with van der Waals surface area (Å²) in [6.45, 7) is 4.89. The minimum absolute atomic E-state index is 0.412. The van der Waals surface area contributed by atoms with Crippen LogP contribution in [-0.2, 0) is 6.54 Å². The molecule has 0 N–H and O–H groups in total. The number of nitrogens with zero attached hydrogens (tertiary/aromatic N) is 1. The maximum atomic E-state index is 12.0. The average Bonchev–Trinajstić information content (AvgIpc) is 2.61. The Morgan fingerprint density at radius 3 is 2.50 bits per heavy atom. The van der Waals surface area contributed by atoms with Crippen LogP contribution in [0.4, 0.5) is 0 Å². The maximum Gasteiger partial charge on any atom is 0.422 e. The molecular weight excluding hydrogens is 354 g/mol. The van der Waals surface area contributed by atoms with E-state index in [-0.39, 0.29) is 0 Å². The topological polar surface area (TPSA) is 61.4 Å². The number of ether oxygens (including phenoxy) is 1. The van der Waals surface area contributed by atoms with Crippen LogP contribution in [0, 0.1) is 13.8 Å². The predicted molar refractivity (Wildman–Crippen MR) is 102 cm³/mol. The molecule has 1 heterocycles. The Hall–Kier alpha value is -2.53. The van der Waals surface area contributed by atoms with Gasteiger partial charge in [-0.05, 0) is 62.1 Å². The van der Waals surface area contributed by atoms with Crippen molar-refractivity contribution >= 4 is 22.5 Å². The first kappa shape index (κ1) is 18.3. The third kappa shape index (κ3) is 3.83. The first-order chi connectivity index (χ1) is 12.5. The summed E-state index contributed by atoms with van der Waals surface area (Å²) in [7, 11) is 0. The first-order valence-electron chi connectivity index (χ1n) is 8.49. The van der Waals surface area contributed by atoms with E-state index in [0.717, 1.165) is 34.7 Å².